The van der Waals surface area contributed by atoms with Crippen LogP contribution in [0.1, 0.15) is 23.5 Å². The van der Waals surface area contributed by atoms with Gasteiger partial charge in [-0.25, -0.2) is 0 Å². The Kier molecular flexibility index (Phi) is 5.66. The first kappa shape index (κ1) is 15.1. The summed E-state index contributed by atoms with van der Waals surface area (Å²) >= 11 is 12.3. The van der Waals surface area contributed by atoms with Crippen LogP contribution in [-0.2, 0) is 0 Å². The van der Waals surface area contributed by atoms with Gasteiger partial charge in [0.15, 0.2) is 0 Å². The van der Waals surface area contributed by atoms with Gasteiger partial charge >= 0.3 is 0 Å². The van der Waals surface area contributed by atoms with Crippen LogP contribution < -0.4 is 0 Å². The quantitative estimate of drug-likeness (QED) is 0.807. The van der Waals surface area contributed by atoms with Gasteiger partial charge in [0.25, 0.3) is 0 Å². The minimum Gasteiger partial charge on any atom is -0.396 e. The molecule has 0 aliphatic carbocycles. The molecule has 1 N–H and O–H groups in total. The molecule has 2 aromatic carbocycles. The molecule has 1 nitrogen and oxygen atoms in total. The van der Waals surface area contributed by atoms with Crippen molar-refractivity contribution in [3.8, 4) is 0 Å². The normalized spacial score (nSPS) is 12.8. The second-order valence-corrected chi connectivity index (χ2v) is 5.37. The van der Waals surface area contributed by atoms with Crippen molar-refractivity contribution >= 4 is 29.3 Å². The summed E-state index contributed by atoms with van der Waals surface area (Å²) in [5, 5.41) is 11.0. The Morgan fingerprint density at radius 1 is 0.950 bits per heavy atom. The second kappa shape index (κ2) is 7.49. The smallest absolute Gasteiger partial charge is 0.0503 e. The lowest BCUT2D eigenvalue weighted by Crippen LogP contribution is -2.03. The predicted molar refractivity (Wildman–Crippen MR) is 86.4 cm³/mol. The molecular formula is C17H16Cl2O. The van der Waals surface area contributed by atoms with Crippen molar-refractivity contribution in [1.29, 1.82) is 0 Å². The maximum atomic E-state index is 9.54. The molecule has 2 aromatic rings. The van der Waals surface area contributed by atoms with Crippen LogP contribution in [0.25, 0.3) is 6.08 Å². The lowest BCUT2D eigenvalue weighted by molar-refractivity contribution is 0.266. The van der Waals surface area contributed by atoms with Crippen LogP contribution >= 0.6 is 23.2 Å². The number of halogens is 2. The van der Waals surface area contributed by atoms with Crippen LogP contribution in [0.4, 0.5) is 0 Å². The van der Waals surface area contributed by atoms with Gasteiger partial charge in [-0.1, -0.05) is 71.8 Å². The third kappa shape index (κ3) is 3.86. The van der Waals surface area contributed by atoms with E-state index in [4.69, 9.17) is 23.2 Å². The molecular weight excluding hydrogens is 291 g/mol. The molecule has 104 valence electrons. The number of rotatable bonds is 5. The number of hydrogen-bond acceptors (Lipinski definition) is 1. The van der Waals surface area contributed by atoms with Crippen molar-refractivity contribution in [3.05, 3.63) is 75.8 Å². The summed E-state index contributed by atoms with van der Waals surface area (Å²) in [6.07, 6.45) is 4.71. The molecule has 0 aliphatic rings. The predicted octanol–water partition coefficient (Wildman–Crippen LogP) is 5.17. The molecule has 0 bridgehead atoms. The topological polar surface area (TPSA) is 20.2 Å². The Morgan fingerprint density at radius 2 is 1.60 bits per heavy atom. The maximum absolute atomic E-state index is 9.54. The summed E-state index contributed by atoms with van der Waals surface area (Å²) < 4.78 is 0. The average Bonchev–Trinajstić information content (AvgIpc) is 2.46. The Morgan fingerprint density at radius 3 is 2.25 bits per heavy atom. The van der Waals surface area contributed by atoms with Gasteiger partial charge in [0, 0.05) is 16.0 Å². The van der Waals surface area contributed by atoms with Crippen LogP contribution in [-0.4, -0.2) is 11.7 Å². The monoisotopic (exact) mass is 306 g/mol. The molecule has 0 saturated carbocycles. The number of allylic oxidation sites excluding steroid dienone is 1. The highest BCUT2D eigenvalue weighted by molar-refractivity contribution is 6.32. The first-order valence-electron chi connectivity index (χ1n) is 6.48. The molecule has 0 radical (unpaired) electrons. The molecule has 0 spiro atoms. The van der Waals surface area contributed by atoms with Gasteiger partial charge in [-0.3, -0.25) is 0 Å². The first-order valence-corrected chi connectivity index (χ1v) is 7.24. The summed E-state index contributed by atoms with van der Waals surface area (Å²) in [5.74, 6) is 0.00226. The van der Waals surface area contributed by atoms with E-state index in [-0.39, 0.29) is 12.5 Å². The van der Waals surface area contributed by atoms with Crippen LogP contribution in [0.3, 0.4) is 0 Å². The van der Waals surface area contributed by atoms with E-state index in [0.717, 1.165) is 16.1 Å². The van der Waals surface area contributed by atoms with Crippen LogP contribution in [0, 0.1) is 0 Å². The van der Waals surface area contributed by atoms with Crippen LogP contribution in [0.2, 0.25) is 10.0 Å². The molecule has 0 saturated heterocycles. The fourth-order valence-electron chi connectivity index (χ4n) is 2.08. The fraction of sp³-hybridized carbons (Fsp3) is 0.176. The van der Waals surface area contributed by atoms with Gasteiger partial charge in [-0.05, 0) is 29.7 Å². The molecule has 0 heterocycles. The molecule has 20 heavy (non-hydrogen) atoms. The van der Waals surface area contributed by atoms with Gasteiger partial charge in [0.05, 0.1) is 6.61 Å². The highest BCUT2D eigenvalue weighted by Gasteiger charge is 2.11. The van der Waals surface area contributed by atoms with E-state index in [0.29, 0.717) is 11.4 Å². The number of hydrogen-bond donors (Lipinski definition) is 1. The van der Waals surface area contributed by atoms with E-state index in [1.807, 2.05) is 60.7 Å². The van der Waals surface area contributed by atoms with Gasteiger partial charge in [0.1, 0.15) is 0 Å². The largest absolute Gasteiger partial charge is 0.396 e. The molecule has 1 atom stereocenters. The lowest BCUT2D eigenvalue weighted by Gasteiger charge is -2.13. The van der Waals surface area contributed by atoms with Crippen molar-refractivity contribution in [2.75, 3.05) is 6.61 Å². The maximum Gasteiger partial charge on any atom is 0.0503 e. The van der Waals surface area contributed by atoms with E-state index in [1.54, 1.807) is 0 Å². The minimum absolute atomic E-state index is 0.00226. The summed E-state index contributed by atoms with van der Waals surface area (Å²) in [6.45, 7) is 0.0661. The van der Waals surface area contributed by atoms with Crippen molar-refractivity contribution in [1.82, 2.24) is 0 Å². The van der Waals surface area contributed by atoms with E-state index >= 15 is 0 Å². The van der Waals surface area contributed by atoms with Gasteiger partial charge in [-0.15, -0.1) is 0 Å². The van der Waals surface area contributed by atoms with Crippen molar-refractivity contribution in [2.45, 2.75) is 12.3 Å². The van der Waals surface area contributed by atoms with Crippen LogP contribution in [0.5, 0.6) is 0 Å². The molecule has 0 amide bonds. The van der Waals surface area contributed by atoms with Crippen LogP contribution in [0.15, 0.2) is 54.6 Å². The molecule has 3 heteroatoms. The molecule has 0 fully saturated rings. The summed E-state index contributed by atoms with van der Waals surface area (Å²) in [4.78, 5) is 0. The van der Waals surface area contributed by atoms with Gasteiger partial charge in [0.2, 0.25) is 0 Å². The van der Waals surface area contributed by atoms with E-state index in [1.165, 1.54) is 0 Å². The van der Waals surface area contributed by atoms with Gasteiger partial charge in [-0.2, -0.15) is 0 Å². The standard InChI is InChI=1S/C17H16Cl2O/c18-16-10-3-1-6-13(16)7-5-8-14(12-20)15-9-2-4-11-17(15)19/h1-7,9-11,14,20H,8,12H2. The third-order valence-electron chi connectivity index (χ3n) is 3.19. The average molecular weight is 307 g/mol. The van der Waals surface area contributed by atoms with Crippen molar-refractivity contribution in [3.63, 3.8) is 0 Å². The minimum atomic E-state index is 0.00226. The van der Waals surface area contributed by atoms with Crippen molar-refractivity contribution < 1.29 is 5.11 Å². The summed E-state index contributed by atoms with van der Waals surface area (Å²) in [6, 6.07) is 15.3. The van der Waals surface area contributed by atoms with Gasteiger partial charge < -0.3 is 5.11 Å². The van der Waals surface area contributed by atoms with E-state index in [2.05, 4.69) is 0 Å². The molecule has 0 aliphatic heterocycles. The zero-order chi connectivity index (χ0) is 14.4. The number of aliphatic hydroxyl groups is 1. The van der Waals surface area contributed by atoms with Crippen molar-refractivity contribution in [2.24, 2.45) is 0 Å². The SMILES string of the molecule is OCC(CC=Cc1ccccc1Cl)c1ccccc1Cl. The highest BCUT2D eigenvalue weighted by atomic mass is 35.5. The lowest BCUT2D eigenvalue weighted by atomic mass is 9.96. The summed E-state index contributed by atoms with van der Waals surface area (Å²) in [5.41, 5.74) is 1.95. The Hall–Kier alpha value is -1.28. The Labute approximate surface area is 129 Å². The first-order chi connectivity index (χ1) is 9.72. The summed E-state index contributed by atoms with van der Waals surface area (Å²) in [7, 11) is 0. The van der Waals surface area contributed by atoms with E-state index < -0.39 is 0 Å². The molecule has 0 aromatic heterocycles. The number of aliphatic hydroxyl groups excluding tert-OH is 1. The Balaban J connectivity index is 2.09. The number of benzene rings is 2. The van der Waals surface area contributed by atoms with E-state index in [9.17, 15) is 5.11 Å². The zero-order valence-electron chi connectivity index (χ0n) is 11.0. The highest BCUT2D eigenvalue weighted by Crippen LogP contribution is 2.27. The molecule has 2 rings (SSSR count). The Bertz CT molecular complexity index is 593. The molecule has 1 unspecified atom stereocenters. The third-order valence-corrected chi connectivity index (χ3v) is 3.88. The zero-order valence-corrected chi connectivity index (χ0v) is 12.5. The second-order valence-electron chi connectivity index (χ2n) is 4.56. The fourth-order valence-corrected chi connectivity index (χ4v) is 2.56.